The van der Waals surface area contributed by atoms with E-state index in [2.05, 4.69) is 5.10 Å². The standard InChI is InChI=1S/C25H23FN4O/c1-16-23-20(14-22(17-8-4-3-5-9-17)27-24(23)29(2)28-16)25(31)30(19-12-13-19)15-18-10-6-7-11-21(18)26/h3-11,14,19H,12-13,15H2,1-2H3. The molecule has 2 aromatic carbocycles. The van der Waals surface area contributed by atoms with Crippen LogP contribution in [0.5, 0.6) is 0 Å². The van der Waals surface area contributed by atoms with Crippen LogP contribution in [0.3, 0.4) is 0 Å². The number of hydrogen-bond donors (Lipinski definition) is 0. The summed E-state index contributed by atoms with van der Waals surface area (Å²) in [5.41, 5.74) is 4.18. The van der Waals surface area contributed by atoms with Gasteiger partial charge in [-0.15, -0.1) is 0 Å². The van der Waals surface area contributed by atoms with Gasteiger partial charge in [-0.2, -0.15) is 5.10 Å². The number of amides is 1. The molecule has 6 heteroatoms. The van der Waals surface area contributed by atoms with E-state index in [1.54, 1.807) is 27.8 Å². The van der Waals surface area contributed by atoms with Gasteiger partial charge in [0.15, 0.2) is 5.65 Å². The third kappa shape index (κ3) is 3.58. The fourth-order valence-electron chi connectivity index (χ4n) is 4.09. The van der Waals surface area contributed by atoms with Crippen LogP contribution in [0.25, 0.3) is 22.3 Å². The van der Waals surface area contributed by atoms with E-state index in [1.165, 1.54) is 6.07 Å². The molecule has 31 heavy (non-hydrogen) atoms. The van der Waals surface area contributed by atoms with Gasteiger partial charge in [-0.3, -0.25) is 9.48 Å². The minimum Gasteiger partial charge on any atom is -0.331 e. The Morgan fingerprint density at radius 3 is 2.55 bits per heavy atom. The van der Waals surface area contributed by atoms with Crippen molar-refractivity contribution >= 4 is 16.9 Å². The number of fused-ring (bicyclic) bond motifs is 1. The van der Waals surface area contributed by atoms with Crippen LogP contribution in [-0.4, -0.2) is 31.6 Å². The fraction of sp³-hybridized carbons (Fsp3) is 0.240. The molecule has 0 spiro atoms. The zero-order chi connectivity index (χ0) is 21.5. The molecule has 156 valence electrons. The van der Waals surface area contributed by atoms with Gasteiger partial charge in [0.05, 0.1) is 22.3 Å². The molecular weight excluding hydrogens is 391 g/mol. The van der Waals surface area contributed by atoms with Crippen molar-refractivity contribution in [3.63, 3.8) is 0 Å². The first-order chi connectivity index (χ1) is 15.0. The number of halogens is 1. The van der Waals surface area contributed by atoms with Crippen molar-refractivity contribution in [3.8, 4) is 11.3 Å². The lowest BCUT2D eigenvalue weighted by Gasteiger charge is -2.23. The molecule has 0 saturated heterocycles. The highest BCUT2D eigenvalue weighted by molar-refractivity contribution is 6.07. The van der Waals surface area contributed by atoms with Crippen molar-refractivity contribution in [2.45, 2.75) is 32.4 Å². The maximum atomic E-state index is 14.3. The van der Waals surface area contributed by atoms with Crippen LogP contribution in [-0.2, 0) is 13.6 Å². The number of nitrogens with zero attached hydrogens (tertiary/aromatic N) is 4. The zero-order valence-corrected chi connectivity index (χ0v) is 17.5. The maximum Gasteiger partial charge on any atom is 0.255 e. The van der Waals surface area contributed by atoms with Crippen LogP contribution in [0.2, 0.25) is 0 Å². The maximum absolute atomic E-state index is 14.3. The van der Waals surface area contributed by atoms with Crippen molar-refractivity contribution in [3.05, 3.63) is 83.3 Å². The van der Waals surface area contributed by atoms with Gasteiger partial charge in [0.25, 0.3) is 5.91 Å². The molecule has 5 nitrogen and oxygen atoms in total. The number of benzene rings is 2. The van der Waals surface area contributed by atoms with E-state index in [-0.39, 0.29) is 24.3 Å². The molecule has 1 amide bonds. The van der Waals surface area contributed by atoms with Crippen LogP contribution >= 0.6 is 0 Å². The smallest absolute Gasteiger partial charge is 0.255 e. The van der Waals surface area contributed by atoms with E-state index in [0.29, 0.717) is 16.8 Å². The number of aryl methyl sites for hydroxylation is 2. The highest BCUT2D eigenvalue weighted by Gasteiger charge is 2.35. The first-order valence-electron chi connectivity index (χ1n) is 10.5. The molecule has 0 aliphatic heterocycles. The van der Waals surface area contributed by atoms with E-state index in [0.717, 1.165) is 35.2 Å². The lowest BCUT2D eigenvalue weighted by atomic mass is 10.0. The molecular formula is C25H23FN4O. The van der Waals surface area contributed by atoms with Gasteiger partial charge in [0, 0.05) is 30.8 Å². The topological polar surface area (TPSA) is 51.0 Å². The van der Waals surface area contributed by atoms with E-state index in [1.807, 2.05) is 50.4 Å². The number of carbonyl (C=O) groups is 1. The minimum absolute atomic E-state index is 0.105. The third-order valence-electron chi connectivity index (χ3n) is 5.82. The minimum atomic E-state index is -0.289. The molecule has 2 aromatic heterocycles. The van der Waals surface area contributed by atoms with Crippen molar-refractivity contribution in [1.29, 1.82) is 0 Å². The van der Waals surface area contributed by atoms with E-state index in [9.17, 15) is 9.18 Å². The van der Waals surface area contributed by atoms with Gasteiger partial charge in [0.1, 0.15) is 5.82 Å². The van der Waals surface area contributed by atoms with Gasteiger partial charge in [0.2, 0.25) is 0 Å². The number of pyridine rings is 1. The summed E-state index contributed by atoms with van der Waals surface area (Å²) in [4.78, 5) is 20.4. The Kier molecular flexibility index (Phi) is 4.77. The Morgan fingerprint density at radius 2 is 1.84 bits per heavy atom. The number of hydrogen-bond acceptors (Lipinski definition) is 3. The Morgan fingerprint density at radius 1 is 1.13 bits per heavy atom. The average molecular weight is 414 g/mol. The summed E-state index contributed by atoms with van der Waals surface area (Å²) in [7, 11) is 1.84. The molecule has 5 rings (SSSR count). The first kappa shape index (κ1) is 19.4. The second-order valence-electron chi connectivity index (χ2n) is 8.08. The summed E-state index contributed by atoms with van der Waals surface area (Å²) in [6, 6.07) is 18.4. The SMILES string of the molecule is Cc1nn(C)c2nc(-c3ccccc3)cc(C(=O)N(Cc3ccccc3F)C3CC3)c12. The summed E-state index contributed by atoms with van der Waals surface area (Å²) >= 11 is 0. The average Bonchev–Trinajstić information content (AvgIpc) is 3.58. The molecule has 0 bridgehead atoms. The van der Waals surface area contributed by atoms with Gasteiger partial charge >= 0.3 is 0 Å². The Balaban J connectivity index is 1.64. The van der Waals surface area contributed by atoms with E-state index >= 15 is 0 Å². The van der Waals surface area contributed by atoms with Gasteiger partial charge in [-0.05, 0) is 31.9 Å². The summed E-state index contributed by atoms with van der Waals surface area (Å²) in [5, 5.41) is 5.27. The molecule has 1 fully saturated rings. The Labute approximate surface area is 180 Å². The third-order valence-corrected chi connectivity index (χ3v) is 5.82. The van der Waals surface area contributed by atoms with E-state index in [4.69, 9.17) is 4.98 Å². The van der Waals surface area contributed by atoms with Gasteiger partial charge < -0.3 is 4.90 Å². The fourth-order valence-corrected chi connectivity index (χ4v) is 4.09. The molecule has 1 aliphatic carbocycles. The van der Waals surface area contributed by atoms with E-state index < -0.39 is 0 Å². The molecule has 2 heterocycles. The highest BCUT2D eigenvalue weighted by atomic mass is 19.1. The number of aromatic nitrogens is 3. The van der Waals surface area contributed by atoms with Crippen LogP contribution in [0, 0.1) is 12.7 Å². The summed E-state index contributed by atoms with van der Waals surface area (Å²) in [6.45, 7) is 2.14. The van der Waals surface area contributed by atoms with Crippen molar-refractivity contribution in [1.82, 2.24) is 19.7 Å². The van der Waals surface area contributed by atoms with Gasteiger partial charge in [-0.25, -0.2) is 9.37 Å². The second kappa shape index (κ2) is 7.61. The number of rotatable bonds is 5. The summed E-state index contributed by atoms with van der Waals surface area (Å²) in [5.74, 6) is -0.394. The Bertz CT molecular complexity index is 1280. The molecule has 0 N–H and O–H groups in total. The first-order valence-corrected chi connectivity index (χ1v) is 10.5. The largest absolute Gasteiger partial charge is 0.331 e. The van der Waals surface area contributed by atoms with Crippen LogP contribution in [0.1, 0.15) is 34.5 Å². The van der Waals surface area contributed by atoms with Crippen molar-refractivity contribution in [2.24, 2.45) is 7.05 Å². The lowest BCUT2D eigenvalue weighted by Crippen LogP contribution is -2.33. The van der Waals surface area contributed by atoms with Crippen LogP contribution < -0.4 is 0 Å². The van der Waals surface area contributed by atoms with Crippen LogP contribution in [0.4, 0.5) is 4.39 Å². The van der Waals surface area contributed by atoms with Crippen LogP contribution in [0.15, 0.2) is 60.7 Å². The lowest BCUT2D eigenvalue weighted by molar-refractivity contribution is 0.0730. The molecule has 1 saturated carbocycles. The normalized spacial score (nSPS) is 13.5. The molecule has 0 unspecified atom stereocenters. The molecule has 0 atom stereocenters. The second-order valence-corrected chi connectivity index (χ2v) is 8.08. The van der Waals surface area contributed by atoms with Crippen molar-refractivity contribution in [2.75, 3.05) is 0 Å². The highest BCUT2D eigenvalue weighted by Crippen LogP contribution is 2.33. The molecule has 0 radical (unpaired) electrons. The quantitative estimate of drug-likeness (QED) is 0.467. The summed E-state index contributed by atoms with van der Waals surface area (Å²) < 4.78 is 16.1. The predicted molar refractivity (Wildman–Crippen MR) is 118 cm³/mol. The summed E-state index contributed by atoms with van der Waals surface area (Å²) in [6.07, 6.45) is 1.87. The predicted octanol–water partition coefficient (Wildman–Crippen LogP) is 4.89. The Hall–Kier alpha value is -3.54. The zero-order valence-electron chi connectivity index (χ0n) is 17.5. The number of carbonyl (C=O) groups excluding carboxylic acids is 1. The monoisotopic (exact) mass is 414 g/mol. The molecule has 4 aromatic rings. The van der Waals surface area contributed by atoms with Gasteiger partial charge in [-0.1, -0.05) is 48.5 Å². The molecule has 1 aliphatic rings. The van der Waals surface area contributed by atoms with Crippen molar-refractivity contribution < 1.29 is 9.18 Å².